The Balaban J connectivity index is 0.000000360. The molecule has 11 unspecified atom stereocenters. The van der Waals surface area contributed by atoms with E-state index in [0.29, 0.717) is 60.4 Å². The van der Waals surface area contributed by atoms with Crippen molar-refractivity contribution in [1.29, 1.82) is 0 Å². The fourth-order valence-corrected chi connectivity index (χ4v) is 11.7. The van der Waals surface area contributed by atoms with Crippen LogP contribution in [0.15, 0.2) is 43.9 Å². The molecule has 0 bridgehead atoms. The molecule has 1 saturated heterocycles. The van der Waals surface area contributed by atoms with E-state index in [9.17, 15) is 0 Å². The number of likely N-dealkylation sites (N-methyl/N-ethyl adjacent to an activating group) is 4. The number of nitrogens with zero attached hydrogens (tertiary/aromatic N) is 12. The van der Waals surface area contributed by atoms with Crippen molar-refractivity contribution in [2.24, 2.45) is 20.0 Å². The van der Waals surface area contributed by atoms with Gasteiger partial charge in [-0.05, 0) is 57.4 Å². The number of fused-ring (bicyclic) bond motifs is 4. The molecule has 10 rings (SSSR count). The van der Waals surface area contributed by atoms with E-state index in [4.69, 9.17) is 71.5 Å². The first kappa shape index (κ1) is 59.6. The van der Waals surface area contributed by atoms with Gasteiger partial charge in [-0.25, -0.2) is 0 Å². The molecule has 4 saturated carbocycles. The van der Waals surface area contributed by atoms with Crippen LogP contribution in [-0.4, -0.2) is 188 Å². The van der Waals surface area contributed by atoms with Gasteiger partial charge in [-0.1, -0.05) is 107 Å². The summed E-state index contributed by atoms with van der Waals surface area (Å²) in [4.78, 5) is 47.0. The molecule has 67 heavy (non-hydrogen) atoms. The van der Waals surface area contributed by atoms with Gasteiger partial charge >= 0.3 is 34.1 Å². The van der Waals surface area contributed by atoms with Gasteiger partial charge in [0.1, 0.15) is 5.84 Å². The van der Waals surface area contributed by atoms with Crippen molar-refractivity contribution in [3.05, 3.63) is 54.8 Å². The minimum absolute atomic E-state index is 0. The summed E-state index contributed by atoms with van der Waals surface area (Å²) in [5, 5.41) is 51.7. The third-order valence-electron chi connectivity index (χ3n) is 14.6. The second kappa shape index (κ2) is 28.8. The Hall–Kier alpha value is -3.56. The van der Waals surface area contributed by atoms with Crippen molar-refractivity contribution in [3.63, 3.8) is 0 Å². The van der Waals surface area contributed by atoms with Gasteiger partial charge in [0.2, 0.25) is 0 Å². The summed E-state index contributed by atoms with van der Waals surface area (Å²) in [7, 11) is 10.9. The third-order valence-corrected chi connectivity index (χ3v) is 14.6. The van der Waals surface area contributed by atoms with Gasteiger partial charge in [0.25, 0.3) is 10.2 Å². The smallest absolute Gasteiger partial charge is 0.669 e. The van der Waals surface area contributed by atoms with Crippen LogP contribution >= 0.6 is 0 Å². The summed E-state index contributed by atoms with van der Waals surface area (Å²) >= 11 is 0. The van der Waals surface area contributed by atoms with Crippen LogP contribution in [-0.2, 0) is 34.1 Å². The van der Waals surface area contributed by atoms with Crippen molar-refractivity contribution < 1.29 is 70.4 Å². The Labute approximate surface area is 417 Å². The average Bonchev–Trinajstić information content (AvgIpc) is 4.05. The summed E-state index contributed by atoms with van der Waals surface area (Å²) in [6.45, 7) is 0. The zero-order valence-electron chi connectivity index (χ0n) is 40.0. The molecule has 6 heterocycles. The Morgan fingerprint density at radius 2 is 0.866 bits per heavy atom. The number of hydrogen-bond donors (Lipinski definition) is 4. The van der Waals surface area contributed by atoms with Crippen LogP contribution in [0, 0.1) is 20.2 Å². The Bertz CT molecular complexity index is 1690. The van der Waals surface area contributed by atoms with E-state index in [0.717, 1.165) is 31.6 Å². The summed E-state index contributed by atoms with van der Waals surface area (Å²) < 4.78 is 0. The fraction of sp³-hybridized carbons (Fsp3) is 0.818. The van der Waals surface area contributed by atoms with E-state index >= 15 is 0 Å². The number of rotatable bonds is 4. The number of aliphatic hydroxyl groups excluding tert-OH is 2. The third kappa shape index (κ3) is 14.7. The van der Waals surface area contributed by atoms with Crippen molar-refractivity contribution >= 4 is 23.3 Å². The van der Waals surface area contributed by atoms with Gasteiger partial charge in [-0.3, -0.25) is 20.0 Å². The van der Waals surface area contributed by atoms with E-state index in [2.05, 4.69) is 66.0 Å². The van der Waals surface area contributed by atoms with Crippen molar-refractivity contribution in [2.75, 3.05) is 42.4 Å². The molecule has 0 spiro atoms. The van der Waals surface area contributed by atoms with E-state index in [1.165, 1.54) is 134 Å². The fourth-order valence-electron chi connectivity index (χ4n) is 11.7. The van der Waals surface area contributed by atoms with Gasteiger partial charge in [0, 0.05) is 42.4 Å². The molecule has 6 aliphatic heterocycles. The van der Waals surface area contributed by atoms with Crippen LogP contribution < -0.4 is 0 Å². The van der Waals surface area contributed by atoms with Gasteiger partial charge in [-0.15, -0.1) is 20.2 Å². The van der Waals surface area contributed by atoms with E-state index in [1.807, 2.05) is 0 Å². The van der Waals surface area contributed by atoms with Gasteiger partial charge < -0.3 is 56.3 Å². The number of aliphatic hydroxyl groups is 2. The molecule has 380 valence electrons. The number of aliphatic imine (C=N–C) groups is 4. The first-order valence-corrected chi connectivity index (χ1v) is 23.5. The molecule has 5 fully saturated rings. The molecule has 6 N–H and O–H groups in total. The summed E-state index contributed by atoms with van der Waals surface area (Å²) in [6, 6.07) is 5.11. The monoisotopic (exact) mass is 1030 g/mol. The SMILES string of the molecule is CN1C(C2=CC=CC(C3=NC4CCCCC4N3C)[N-]2)=NC2CCCCC21.CN1C(C2CCCC(C3=NC4CCCCC4N3C)[N-]2)=NC2CCCCC21.CO.CO.O.O=[N+]([O-])O.O=[N+]([O-])O.[Fe+2].[Fe+2]. The van der Waals surface area contributed by atoms with Crippen LogP contribution in [0.5, 0.6) is 0 Å². The topological polar surface area (TPSA) is 289 Å². The maximum atomic E-state index is 8.36. The number of amidine groups is 4. The molecule has 0 amide bonds. The normalized spacial score (nSPS) is 32.7. The Kier molecular flexibility index (Phi) is 25.6. The van der Waals surface area contributed by atoms with E-state index in [1.54, 1.807) is 0 Å². The predicted octanol–water partition coefficient (Wildman–Crippen LogP) is 4.78. The largest absolute Gasteiger partial charge is 2.00 e. The molecule has 21 nitrogen and oxygen atoms in total. The predicted molar refractivity (Wildman–Crippen MR) is 252 cm³/mol. The summed E-state index contributed by atoms with van der Waals surface area (Å²) in [6.07, 6.45) is 30.9. The Morgan fingerprint density at radius 1 is 0.537 bits per heavy atom. The van der Waals surface area contributed by atoms with Crippen LogP contribution in [0.2, 0.25) is 0 Å². The molecule has 0 aromatic carbocycles. The molecule has 0 aromatic heterocycles. The first-order valence-electron chi connectivity index (χ1n) is 23.5. The van der Waals surface area contributed by atoms with E-state index in [-0.39, 0.29) is 45.7 Å². The minimum atomic E-state index is -1.50. The van der Waals surface area contributed by atoms with Gasteiger partial charge in [-0.2, -0.15) is 0 Å². The standard InChI is InChI=1S/C21H34N5.C21H30N5.2CH4O.2Fe.2HNO3.H2O/c2*1-25-18-12-5-3-8-14(18)23-20(25)16-10-7-11-17(22-16)21-24-15-9-4-6-13-19(15)26(21)2;2*1-2;;;2*2-1(3)4;/h14-19H,3-13H2,1-2H3;7,10-11,14-16,18-19H,3-6,8-9,12-13H2,1-2H3;2*2H,1H3;;;2*(H,2,3,4);1H2/q2*-1;;;2*+2;;;. The summed E-state index contributed by atoms with van der Waals surface area (Å²) in [5.74, 6) is 4.81. The van der Waals surface area contributed by atoms with Crippen molar-refractivity contribution in [2.45, 2.75) is 188 Å². The molecule has 23 heteroatoms. The molecule has 4 aliphatic carbocycles. The number of hydrogen-bond acceptors (Lipinski definition) is 14. The summed E-state index contributed by atoms with van der Waals surface area (Å²) in [5.41, 5.74) is 1.04. The van der Waals surface area contributed by atoms with Crippen LogP contribution in [0.1, 0.15) is 122 Å². The Morgan fingerprint density at radius 3 is 1.24 bits per heavy atom. The minimum Gasteiger partial charge on any atom is -0.669 e. The molecule has 0 radical (unpaired) electrons. The number of allylic oxidation sites excluding steroid dienone is 2. The van der Waals surface area contributed by atoms with Gasteiger partial charge in [0.15, 0.2) is 0 Å². The second-order valence-electron chi connectivity index (χ2n) is 18.1. The molecule has 10 aliphatic rings. The van der Waals surface area contributed by atoms with Crippen LogP contribution in [0.25, 0.3) is 10.6 Å². The average molecular weight is 1030 g/mol. The maximum absolute atomic E-state index is 8.36. The quantitative estimate of drug-likeness (QED) is 0.168. The van der Waals surface area contributed by atoms with Crippen molar-refractivity contribution in [1.82, 2.24) is 19.6 Å². The maximum Gasteiger partial charge on any atom is 2.00 e. The molecule has 11 atom stereocenters. The van der Waals surface area contributed by atoms with Crippen LogP contribution in [0.4, 0.5) is 0 Å². The first-order chi connectivity index (χ1) is 30.9. The van der Waals surface area contributed by atoms with E-state index < -0.39 is 10.2 Å². The second-order valence-corrected chi connectivity index (χ2v) is 18.1. The molecule has 0 aromatic rings. The zero-order chi connectivity index (χ0) is 46.5. The molecular weight excluding hydrogens is 952 g/mol. The molecular formula is C44H76Fe2N12O9+2. The van der Waals surface area contributed by atoms with Crippen LogP contribution in [0.3, 0.4) is 0 Å². The van der Waals surface area contributed by atoms with Gasteiger partial charge in [0.05, 0.1) is 65.8 Å². The van der Waals surface area contributed by atoms with Crippen molar-refractivity contribution in [3.8, 4) is 0 Å². The number of piperidine rings is 1. The zero-order valence-corrected chi connectivity index (χ0v) is 42.2.